The molecular weight excluding hydrogens is 425 g/mol. The number of nitrogens with one attached hydrogen (secondary N) is 2. The number of sulfonamides is 1. The molecule has 0 bridgehead atoms. The molecule has 1 heterocycles. The summed E-state index contributed by atoms with van der Waals surface area (Å²) in [6.07, 6.45) is 3.61. The van der Waals surface area contributed by atoms with Gasteiger partial charge in [-0.3, -0.25) is 9.69 Å². The Balaban J connectivity index is 1.68. The SMILES string of the molecule is O=C(NCCN1CCOCC1)c1cc(S(=O)(=O)NC2CCCC2)c(Cl)cc1Cl. The van der Waals surface area contributed by atoms with Crippen LogP contribution in [-0.2, 0) is 14.8 Å². The van der Waals surface area contributed by atoms with Crippen LogP contribution in [0.2, 0.25) is 10.0 Å². The Kier molecular flexibility index (Phi) is 7.58. The summed E-state index contributed by atoms with van der Waals surface area (Å²) in [6, 6.07) is 2.47. The van der Waals surface area contributed by atoms with Gasteiger partial charge < -0.3 is 10.1 Å². The van der Waals surface area contributed by atoms with Crippen molar-refractivity contribution in [3.63, 3.8) is 0 Å². The molecule has 1 aromatic rings. The molecule has 0 atom stereocenters. The molecule has 1 aromatic carbocycles. The van der Waals surface area contributed by atoms with E-state index in [0.717, 1.165) is 38.8 Å². The lowest BCUT2D eigenvalue weighted by Crippen LogP contribution is -2.41. The summed E-state index contributed by atoms with van der Waals surface area (Å²) in [6.45, 7) is 4.15. The molecule has 0 radical (unpaired) electrons. The van der Waals surface area contributed by atoms with Gasteiger partial charge in [-0.2, -0.15) is 0 Å². The lowest BCUT2D eigenvalue weighted by atomic mass is 10.2. The fourth-order valence-corrected chi connectivity index (χ4v) is 5.65. The summed E-state index contributed by atoms with van der Waals surface area (Å²) in [5.74, 6) is -0.424. The van der Waals surface area contributed by atoms with Crippen molar-refractivity contribution in [2.75, 3.05) is 39.4 Å². The number of rotatable bonds is 7. The van der Waals surface area contributed by atoms with E-state index < -0.39 is 15.9 Å². The van der Waals surface area contributed by atoms with Gasteiger partial charge in [0.1, 0.15) is 4.90 Å². The maximum absolute atomic E-state index is 12.7. The Labute approximate surface area is 175 Å². The molecule has 2 aliphatic rings. The van der Waals surface area contributed by atoms with Crippen molar-refractivity contribution in [1.29, 1.82) is 0 Å². The Morgan fingerprint density at radius 1 is 1.14 bits per heavy atom. The van der Waals surface area contributed by atoms with E-state index in [1.807, 2.05) is 0 Å². The first-order chi connectivity index (χ1) is 13.4. The molecule has 10 heteroatoms. The highest BCUT2D eigenvalue weighted by molar-refractivity contribution is 7.89. The van der Waals surface area contributed by atoms with Crippen LogP contribution in [0.4, 0.5) is 0 Å². The molecule has 28 heavy (non-hydrogen) atoms. The topological polar surface area (TPSA) is 87.7 Å². The molecule has 1 amide bonds. The van der Waals surface area contributed by atoms with E-state index in [0.29, 0.717) is 26.3 Å². The average Bonchev–Trinajstić information content (AvgIpc) is 3.14. The Hall–Kier alpha value is -0.900. The van der Waals surface area contributed by atoms with Gasteiger partial charge in [0.2, 0.25) is 10.0 Å². The molecule has 1 aliphatic carbocycles. The summed E-state index contributed by atoms with van der Waals surface area (Å²) in [5.41, 5.74) is 0.0971. The molecule has 1 saturated carbocycles. The van der Waals surface area contributed by atoms with Crippen molar-refractivity contribution in [2.45, 2.75) is 36.6 Å². The van der Waals surface area contributed by atoms with Crippen LogP contribution in [0.15, 0.2) is 17.0 Å². The normalized spacial score (nSPS) is 19.1. The monoisotopic (exact) mass is 449 g/mol. The quantitative estimate of drug-likeness (QED) is 0.666. The number of carbonyl (C=O) groups is 1. The highest BCUT2D eigenvalue weighted by atomic mass is 35.5. The molecule has 2 N–H and O–H groups in total. The van der Waals surface area contributed by atoms with E-state index in [1.54, 1.807) is 0 Å². The number of hydrogen-bond acceptors (Lipinski definition) is 5. The summed E-state index contributed by atoms with van der Waals surface area (Å²) in [5, 5.41) is 2.91. The maximum Gasteiger partial charge on any atom is 0.252 e. The number of hydrogen-bond donors (Lipinski definition) is 2. The summed E-state index contributed by atoms with van der Waals surface area (Å²) >= 11 is 12.3. The van der Waals surface area contributed by atoms with Crippen LogP contribution in [0.5, 0.6) is 0 Å². The fraction of sp³-hybridized carbons (Fsp3) is 0.611. The zero-order valence-corrected chi connectivity index (χ0v) is 17.9. The van der Waals surface area contributed by atoms with Gasteiger partial charge in [-0.05, 0) is 25.0 Å². The highest BCUT2D eigenvalue weighted by Crippen LogP contribution is 2.30. The number of nitrogens with zero attached hydrogens (tertiary/aromatic N) is 1. The summed E-state index contributed by atoms with van der Waals surface area (Å²) < 4.78 is 33.4. The second kappa shape index (κ2) is 9.73. The van der Waals surface area contributed by atoms with E-state index in [2.05, 4.69) is 14.9 Å². The average molecular weight is 450 g/mol. The second-order valence-electron chi connectivity index (χ2n) is 7.08. The van der Waals surface area contributed by atoms with Gasteiger partial charge >= 0.3 is 0 Å². The van der Waals surface area contributed by atoms with E-state index in [1.165, 1.54) is 12.1 Å². The van der Waals surface area contributed by atoms with Gasteiger partial charge in [0.05, 0.1) is 28.8 Å². The first kappa shape index (κ1) is 21.8. The van der Waals surface area contributed by atoms with Gasteiger partial charge in [0, 0.05) is 32.2 Å². The van der Waals surface area contributed by atoms with Crippen molar-refractivity contribution in [2.24, 2.45) is 0 Å². The first-order valence-corrected chi connectivity index (χ1v) is 11.7. The van der Waals surface area contributed by atoms with Crippen LogP contribution < -0.4 is 10.0 Å². The van der Waals surface area contributed by atoms with Crippen LogP contribution in [0, 0.1) is 0 Å². The first-order valence-electron chi connectivity index (χ1n) is 9.46. The molecule has 0 spiro atoms. The number of amides is 1. The number of benzene rings is 1. The smallest absolute Gasteiger partial charge is 0.252 e. The fourth-order valence-electron chi connectivity index (χ4n) is 3.48. The molecule has 0 aromatic heterocycles. The molecule has 156 valence electrons. The van der Waals surface area contributed by atoms with Crippen LogP contribution in [-0.4, -0.2) is 64.7 Å². The summed E-state index contributed by atoms with van der Waals surface area (Å²) in [7, 11) is -3.83. The standard InChI is InChI=1S/C18H25Cl2N3O4S/c19-15-12-16(20)17(28(25,26)22-13-3-1-2-4-13)11-14(15)18(24)21-5-6-23-7-9-27-10-8-23/h11-13,22H,1-10H2,(H,21,24). The van der Waals surface area contributed by atoms with E-state index in [-0.39, 0.29) is 26.5 Å². The zero-order chi connectivity index (χ0) is 20.1. The number of morpholine rings is 1. The minimum absolute atomic E-state index is 0.000337. The molecule has 3 rings (SSSR count). The van der Waals surface area contributed by atoms with Gasteiger partial charge in [-0.15, -0.1) is 0 Å². The molecular formula is C18H25Cl2N3O4S. The molecule has 1 saturated heterocycles. The third kappa shape index (κ3) is 5.58. The number of ether oxygens (including phenoxy) is 1. The second-order valence-corrected chi connectivity index (χ2v) is 9.57. The predicted molar refractivity (Wildman–Crippen MR) is 109 cm³/mol. The van der Waals surface area contributed by atoms with Crippen molar-refractivity contribution < 1.29 is 17.9 Å². The van der Waals surface area contributed by atoms with E-state index >= 15 is 0 Å². The predicted octanol–water partition coefficient (Wildman–Crippen LogP) is 2.28. The number of halogens is 2. The van der Waals surface area contributed by atoms with E-state index in [4.69, 9.17) is 27.9 Å². The minimum Gasteiger partial charge on any atom is -0.379 e. The van der Waals surface area contributed by atoms with Crippen LogP contribution in [0.3, 0.4) is 0 Å². The molecule has 2 fully saturated rings. The van der Waals surface area contributed by atoms with Crippen LogP contribution >= 0.6 is 23.2 Å². The van der Waals surface area contributed by atoms with Crippen LogP contribution in [0.1, 0.15) is 36.0 Å². The minimum atomic E-state index is -3.83. The van der Waals surface area contributed by atoms with Gasteiger partial charge in [-0.1, -0.05) is 36.0 Å². The Morgan fingerprint density at radius 2 is 1.82 bits per heavy atom. The van der Waals surface area contributed by atoms with Crippen molar-refractivity contribution >= 4 is 39.1 Å². The van der Waals surface area contributed by atoms with E-state index in [9.17, 15) is 13.2 Å². The van der Waals surface area contributed by atoms with Gasteiger partial charge in [0.15, 0.2) is 0 Å². The Bertz CT molecular complexity index is 807. The van der Waals surface area contributed by atoms with Gasteiger partial charge in [0.25, 0.3) is 5.91 Å². The highest BCUT2D eigenvalue weighted by Gasteiger charge is 2.27. The van der Waals surface area contributed by atoms with Gasteiger partial charge in [-0.25, -0.2) is 13.1 Å². The third-order valence-electron chi connectivity index (χ3n) is 5.05. The zero-order valence-electron chi connectivity index (χ0n) is 15.5. The number of carbonyl (C=O) groups excluding carboxylic acids is 1. The maximum atomic E-state index is 12.7. The molecule has 7 nitrogen and oxygen atoms in total. The van der Waals surface area contributed by atoms with Crippen molar-refractivity contribution in [3.05, 3.63) is 27.7 Å². The van der Waals surface area contributed by atoms with Crippen molar-refractivity contribution in [3.8, 4) is 0 Å². The van der Waals surface area contributed by atoms with Crippen molar-refractivity contribution in [1.82, 2.24) is 14.9 Å². The summed E-state index contributed by atoms with van der Waals surface area (Å²) in [4.78, 5) is 14.6. The largest absolute Gasteiger partial charge is 0.379 e. The Morgan fingerprint density at radius 3 is 2.50 bits per heavy atom. The molecule has 0 unspecified atom stereocenters. The lowest BCUT2D eigenvalue weighted by Gasteiger charge is -2.26. The van der Waals surface area contributed by atoms with Crippen LogP contribution in [0.25, 0.3) is 0 Å². The lowest BCUT2D eigenvalue weighted by molar-refractivity contribution is 0.0383. The molecule has 1 aliphatic heterocycles. The third-order valence-corrected chi connectivity index (χ3v) is 7.35.